The molecule has 0 radical (unpaired) electrons. The first kappa shape index (κ1) is 16.9. The van der Waals surface area contributed by atoms with Gasteiger partial charge in [0.2, 0.25) is 0 Å². The van der Waals surface area contributed by atoms with E-state index in [-0.39, 0.29) is 11.5 Å². The summed E-state index contributed by atoms with van der Waals surface area (Å²) in [4.78, 5) is 23.6. The zero-order chi connectivity index (χ0) is 16.2. The zero-order valence-electron chi connectivity index (χ0n) is 12.2. The van der Waals surface area contributed by atoms with Gasteiger partial charge in [-0.3, -0.25) is 4.79 Å². The summed E-state index contributed by atoms with van der Waals surface area (Å²) in [5.41, 5.74) is -0.114. The van der Waals surface area contributed by atoms with Crippen molar-refractivity contribution in [1.29, 1.82) is 0 Å². The number of amides is 1. The largest absolute Gasteiger partial charge is 0.478 e. The number of halogens is 1. The van der Waals surface area contributed by atoms with Crippen LogP contribution in [0.2, 0.25) is 0 Å². The lowest BCUT2D eigenvalue weighted by Gasteiger charge is -2.37. The Morgan fingerprint density at radius 2 is 1.95 bits per heavy atom. The van der Waals surface area contributed by atoms with Gasteiger partial charge in [-0.25, -0.2) is 4.79 Å². The first-order valence-corrected chi connectivity index (χ1v) is 7.68. The van der Waals surface area contributed by atoms with Gasteiger partial charge in [0.05, 0.1) is 17.7 Å². The van der Waals surface area contributed by atoms with Crippen LogP contribution in [-0.4, -0.2) is 49.5 Å². The number of hydrogen-bond acceptors (Lipinski definition) is 4. The quantitative estimate of drug-likeness (QED) is 0.827. The van der Waals surface area contributed by atoms with Crippen LogP contribution in [0.1, 0.15) is 33.6 Å². The topological polar surface area (TPSA) is 84.9 Å². The predicted octanol–water partition coefficient (Wildman–Crippen LogP) is 2.07. The van der Waals surface area contributed by atoms with Gasteiger partial charge in [-0.15, -0.1) is 0 Å². The number of nitrogens with one attached hydrogen (secondary N) is 1. The van der Waals surface area contributed by atoms with E-state index in [9.17, 15) is 9.59 Å². The Kier molecular flexibility index (Phi) is 5.55. The van der Waals surface area contributed by atoms with E-state index >= 15 is 0 Å². The van der Waals surface area contributed by atoms with Gasteiger partial charge >= 0.3 is 5.97 Å². The Morgan fingerprint density at radius 1 is 1.32 bits per heavy atom. The molecule has 0 spiro atoms. The maximum Gasteiger partial charge on any atom is 0.335 e. The van der Waals surface area contributed by atoms with E-state index in [2.05, 4.69) is 21.2 Å². The third-order valence-electron chi connectivity index (χ3n) is 3.66. The lowest BCUT2D eigenvalue weighted by atomic mass is 9.90. The van der Waals surface area contributed by atoms with Gasteiger partial charge in [-0.05, 0) is 31.0 Å². The monoisotopic (exact) mass is 371 g/mol. The van der Waals surface area contributed by atoms with Crippen LogP contribution < -0.4 is 5.32 Å². The van der Waals surface area contributed by atoms with E-state index in [0.29, 0.717) is 42.7 Å². The molecule has 6 nitrogen and oxygen atoms in total. The molecule has 0 unspecified atom stereocenters. The third kappa shape index (κ3) is 4.06. The molecule has 0 saturated carbocycles. The maximum absolute atomic E-state index is 12.5. The smallest absolute Gasteiger partial charge is 0.335 e. The number of methoxy groups -OCH3 is 1. The van der Waals surface area contributed by atoms with Gasteiger partial charge in [0, 0.05) is 30.4 Å². The molecule has 2 N–H and O–H groups in total. The maximum atomic E-state index is 12.5. The zero-order valence-corrected chi connectivity index (χ0v) is 13.8. The number of carbonyl (C=O) groups excluding carboxylic acids is 1. The van der Waals surface area contributed by atoms with Crippen LogP contribution >= 0.6 is 15.9 Å². The van der Waals surface area contributed by atoms with Crippen molar-refractivity contribution in [2.45, 2.75) is 18.4 Å². The van der Waals surface area contributed by atoms with Crippen LogP contribution in [-0.2, 0) is 9.47 Å². The lowest BCUT2D eigenvalue weighted by molar-refractivity contribution is 0.00205. The average Bonchev–Trinajstić information content (AvgIpc) is 2.47. The Bertz CT molecular complexity index is 564. The Labute approximate surface area is 136 Å². The molecular formula is C15H18BrNO5. The fraction of sp³-hybridized carbons (Fsp3) is 0.467. The summed E-state index contributed by atoms with van der Waals surface area (Å²) >= 11 is 3.23. The Hall–Kier alpha value is -1.44. The molecule has 120 valence electrons. The Balaban J connectivity index is 2.21. The van der Waals surface area contributed by atoms with Crippen molar-refractivity contribution < 1.29 is 24.2 Å². The molecular weight excluding hydrogens is 354 g/mol. The molecule has 1 amide bonds. The van der Waals surface area contributed by atoms with Crippen LogP contribution in [0.4, 0.5) is 0 Å². The van der Waals surface area contributed by atoms with E-state index in [1.54, 1.807) is 13.2 Å². The van der Waals surface area contributed by atoms with Crippen molar-refractivity contribution in [2.75, 3.05) is 26.9 Å². The number of ether oxygens (including phenoxy) is 2. The molecule has 1 fully saturated rings. The van der Waals surface area contributed by atoms with Crippen molar-refractivity contribution in [2.24, 2.45) is 0 Å². The molecule has 0 aliphatic carbocycles. The second-order valence-electron chi connectivity index (χ2n) is 5.31. The van der Waals surface area contributed by atoms with Crippen LogP contribution in [0.3, 0.4) is 0 Å². The van der Waals surface area contributed by atoms with Gasteiger partial charge < -0.3 is 19.9 Å². The molecule has 1 saturated heterocycles. The minimum atomic E-state index is -1.08. The van der Waals surface area contributed by atoms with Gasteiger partial charge in [-0.2, -0.15) is 0 Å². The molecule has 2 rings (SSSR count). The molecule has 1 aromatic rings. The summed E-state index contributed by atoms with van der Waals surface area (Å²) in [6, 6.07) is 4.42. The standard InChI is InChI=1S/C15H18BrNO5/c1-21-9-15(2-4-22-5-3-15)17-13(18)10-6-11(14(19)20)8-12(16)7-10/h6-8H,2-5,9H2,1H3,(H,17,18)(H,19,20). The third-order valence-corrected chi connectivity index (χ3v) is 4.11. The number of carbonyl (C=O) groups is 2. The molecule has 1 aromatic carbocycles. The van der Waals surface area contributed by atoms with Crippen molar-refractivity contribution in [1.82, 2.24) is 5.32 Å². The van der Waals surface area contributed by atoms with Crippen molar-refractivity contribution >= 4 is 27.8 Å². The summed E-state index contributed by atoms with van der Waals surface area (Å²) in [7, 11) is 1.59. The summed E-state index contributed by atoms with van der Waals surface area (Å²) in [5.74, 6) is -1.39. The summed E-state index contributed by atoms with van der Waals surface area (Å²) in [6.07, 6.45) is 1.32. The number of aromatic carboxylic acids is 1. The van der Waals surface area contributed by atoms with Gasteiger partial charge in [0.25, 0.3) is 5.91 Å². The van der Waals surface area contributed by atoms with E-state index in [0.717, 1.165) is 0 Å². The highest BCUT2D eigenvalue weighted by Crippen LogP contribution is 2.23. The SMILES string of the molecule is COCC1(NC(=O)c2cc(Br)cc(C(=O)O)c2)CCOCC1. The number of rotatable bonds is 5. The lowest BCUT2D eigenvalue weighted by Crippen LogP contribution is -2.55. The molecule has 0 atom stereocenters. The predicted molar refractivity (Wildman–Crippen MR) is 83.2 cm³/mol. The average molecular weight is 372 g/mol. The molecule has 22 heavy (non-hydrogen) atoms. The highest BCUT2D eigenvalue weighted by atomic mass is 79.9. The molecule has 1 heterocycles. The highest BCUT2D eigenvalue weighted by Gasteiger charge is 2.34. The second kappa shape index (κ2) is 7.21. The molecule has 0 aromatic heterocycles. The molecule has 1 aliphatic rings. The highest BCUT2D eigenvalue weighted by molar-refractivity contribution is 9.10. The summed E-state index contributed by atoms with van der Waals surface area (Å²) in [5, 5.41) is 12.1. The first-order chi connectivity index (χ1) is 10.5. The van der Waals surface area contributed by atoms with Crippen molar-refractivity contribution in [3.05, 3.63) is 33.8 Å². The number of carboxylic acid groups (broad SMARTS) is 1. The van der Waals surface area contributed by atoms with E-state index in [1.165, 1.54) is 12.1 Å². The van der Waals surface area contributed by atoms with Crippen LogP contribution in [0, 0.1) is 0 Å². The molecule has 0 bridgehead atoms. The minimum Gasteiger partial charge on any atom is -0.478 e. The summed E-state index contributed by atoms with van der Waals surface area (Å²) < 4.78 is 11.1. The van der Waals surface area contributed by atoms with Crippen LogP contribution in [0.5, 0.6) is 0 Å². The van der Waals surface area contributed by atoms with Crippen molar-refractivity contribution in [3.8, 4) is 0 Å². The Morgan fingerprint density at radius 3 is 2.55 bits per heavy atom. The van der Waals surface area contributed by atoms with Crippen LogP contribution in [0.15, 0.2) is 22.7 Å². The number of benzene rings is 1. The number of carboxylic acids is 1. The summed E-state index contributed by atoms with van der Waals surface area (Å²) in [6.45, 7) is 1.51. The normalized spacial score (nSPS) is 17.0. The fourth-order valence-electron chi connectivity index (χ4n) is 2.50. The van der Waals surface area contributed by atoms with E-state index in [4.69, 9.17) is 14.6 Å². The molecule has 7 heteroatoms. The van der Waals surface area contributed by atoms with E-state index in [1.807, 2.05) is 0 Å². The van der Waals surface area contributed by atoms with Crippen molar-refractivity contribution in [3.63, 3.8) is 0 Å². The van der Waals surface area contributed by atoms with E-state index < -0.39 is 11.5 Å². The van der Waals surface area contributed by atoms with Crippen LogP contribution in [0.25, 0.3) is 0 Å². The van der Waals surface area contributed by atoms with Gasteiger partial charge in [0.15, 0.2) is 0 Å². The fourth-order valence-corrected chi connectivity index (χ4v) is 2.99. The second-order valence-corrected chi connectivity index (χ2v) is 6.23. The first-order valence-electron chi connectivity index (χ1n) is 6.89. The minimum absolute atomic E-state index is 0.0623. The molecule has 1 aliphatic heterocycles. The number of hydrogen-bond donors (Lipinski definition) is 2. The van der Waals surface area contributed by atoms with Gasteiger partial charge in [-0.1, -0.05) is 15.9 Å². The van der Waals surface area contributed by atoms with Gasteiger partial charge in [0.1, 0.15) is 0 Å².